The first-order valence-electron chi connectivity index (χ1n) is 7.71. The average molecular weight is 338 g/mol. The predicted octanol–water partition coefficient (Wildman–Crippen LogP) is 3.43. The molecule has 2 aromatic carbocycles. The number of hydrogen-bond donors (Lipinski definition) is 1. The Bertz CT molecular complexity index is 772. The van der Waals surface area contributed by atoms with Gasteiger partial charge in [-0.25, -0.2) is 4.98 Å². The Labute approximate surface area is 145 Å². The van der Waals surface area contributed by atoms with Crippen LogP contribution in [0.5, 0.6) is 5.75 Å². The van der Waals surface area contributed by atoms with Crippen LogP contribution in [0, 0.1) is 0 Å². The van der Waals surface area contributed by atoms with Crippen LogP contribution in [0.2, 0.25) is 0 Å². The van der Waals surface area contributed by atoms with E-state index >= 15 is 0 Å². The highest BCUT2D eigenvalue weighted by molar-refractivity contribution is 7.11. The zero-order chi connectivity index (χ0) is 16.6. The monoisotopic (exact) mass is 338 g/mol. The normalized spacial score (nSPS) is 10.3. The van der Waals surface area contributed by atoms with Crippen LogP contribution in [0.1, 0.15) is 15.4 Å². The van der Waals surface area contributed by atoms with Gasteiger partial charge in [-0.1, -0.05) is 48.5 Å². The molecular weight excluding hydrogens is 320 g/mol. The van der Waals surface area contributed by atoms with Gasteiger partial charge in [0, 0.05) is 17.5 Å². The standard InChI is InChI=1S/C19H18N2O2S/c22-18(14-23-16-9-5-2-6-10-16)20-13-19-21-12-17(24-19)11-15-7-3-1-4-8-15/h1-10,12H,11,13-14H2,(H,20,22). The van der Waals surface area contributed by atoms with Crippen LogP contribution in [-0.4, -0.2) is 17.5 Å². The van der Waals surface area contributed by atoms with Gasteiger partial charge >= 0.3 is 0 Å². The Hall–Kier alpha value is -2.66. The highest BCUT2D eigenvalue weighted by atomic mass is 32.1. The number of hydrogen-bond acceptors (Lipinski definition) is 4. The summed E-state index contributed by atoms with van der Waals surface area (Å²) in [6.07, 6.45) is 2.74. The first-order chi connectivity index (χ1) is 11.8. The van der Waals surface area contributed by atoms with Crippen molar-refractivity contribution in [1.29, 1.82) is 0 Å². The molecule has 0 fully saturated rings. The molecule has 0 aliphatic heterocycles. The van der Waals surface area contributed by atoms with Gasteiger partial charge in [0.1, 0.15) is 10.8 Å². The number of benzene rings is 2. The Morgan fingerprint density at radius 1 is 1.04 bits per heavy atom. The van der Waals surface area contributed by atoms with Gasteiger partial charge in [0.2, 0.25) is 0 Å². The Morgan fingerprint density at radius 3 is 2.50 bits per heavy atom. The highest BCUT2D eigenvalue weighted by Crippen LogP contribution is 2.17. The van der Waals surface area contributed by atoms with Crippen molar-refractivity contribution in [2.24, 2.45) is 0 Å². The van der Waals surface area contributed by atoms with E-state index in [4.69, 9.17) is 4.74 Å². The van der Waals surface area contributed by atoms with Gasteiger partial charge in [0.25, 0.3) is 5.91 Å². The summed E-state index contributed by atoms with van der Waals surface area (Å²) in [6.45, 7) is 0.433. The van der Waals surface area contributed by atoms with Crippen LogP contribution in [0.3, 0.4) is 0 Å². The van der Waals surface area contributed by atoms with Crippen molar-refractivity contribution in [2.75, 3.05) is 6.61 Å². The van der Waals surface area contributed by atoms with E-state index in [1.807, 2.05) is 54.7 Å². The van der Waals surface area contributed by atoms with Gasteiger partial charge in [-0.2, -0.15) is 0 Å². The number of ether oxygens (including phenoxy) is 1. The molecule has 0 bridgehead atoms. The molecule has 5 heteroatoms. The summed E-state index contributed by atoms with van der Waals surface area (Å²) in [5.41, 5.74) is 1.26. The van der Waals surface area contributed by atoms with E-state index < -0.39 is 0 Å². The van der Waals surface area contributed by atoms with Gasteiger partial charge in [-0.05, 0) is 17.7 Å². The highest BCUT2D eigenvalue weighted by Gasteiger charge is 2.06. The Morgan fingerprint density at radius 2 is 1.75 bits per heavy atom. The molecule has 0 spiro atoms. The number of carbonyl (C=O) groups is 1. The summed E-state index contributed by atoms with van der Waals surface area (Å²) in [4.78, 5) is 17.4. The molecule has 122 valence electrons. The zero-order valence-corrected chi connectivity index (χ0v) is 14.0. The predicted molar refractivity (Wildman–Crippen MR) is 95.1 cm³/mol. The minimum Gasteiger partial charge on any atom is -0.484 e. The molecule has 1 heterocycles. The molecule has 0 atom stereocenters. The molecule has 3 rings (SSSR count). The minimum atomic E-state index is -0.154. The third kappa shape index (κ3) is 4.93. The molecule has 0 saturated heterocycles. The fourth-order valence-electron chi connectivity index (χ4n) is 2.20. The average Bonchev–Trinajstić information content (AvgIpc) is 3.07. The third-order valence-corrected chi connectivity index (χ3v) is 4.37. The van der Waals surface area contributed by atoms with Crippen LogP contribution >= 0.6 is 11.3 Å². The maximum Gasteiger partial charge on any atom is 0.258 e. The van der Waals surface area contributed by atoms with Gasteiger partial charge in [-0.15, -0.1) is 11.3 Å². The second-order valence-corrected chi connectivity index (χ2v) is 6.46. The molecule has 1 amide bonds. The number of nitrogens with one attached hydrogen (secondary N) is 1. The number of rotatable bonds is 7. The van der Waals surface area contributed by atoms with E-state index in [1.165, 1.54) is 10.4 Å². The summed E-state index contributed by atoms with van der Waals surface area (Å²) < 4.78 is 5.41. The lowest BCUT2D eigenvalue weighted by atomic mass is 10.1. The maximum atomic E-state index is 11.8. The number of thiazole rings is 1. The van der Waals surface area contributed by atoms with Crippen LogP contribution in [0.4, 0.5) is 0 Å². The molecule has 1 aromatic heterocycles. The summed E-state index contributed by atoms with van der Waals surface area (Å²) in [6, 6.07) is 19.6. The molecule has 3 aromatic rings. The molecule has 24 heavy (non-hydrogen) atoms. The summed E-state index contributed by atoms with van der Waals surface area (Å²) >= 11 is 1.62. The molecule has 0 aliphatic carbocycles. The van der Waals surface area contributed by atoms with Crippen LogP contribution in [0.15, 0.2) is 66.9 Å². The summed E-state index contributed by atoms with van der Waals surface area (Å²) in [7, 11) is 0. The van der Waals surface area contributed by atoms with E-state index in [9.17, 15) is 4.79 Å². The van der Waals surface area contributed by atoms with Gasteiger partial charge in [-0.3, -0.25) is 4.79 Å². The largest absolute Gasteiger partial charge is 0.484 e. The fourth-order valence-corrected chi connectivity index (χ4v) is 3.10. The van der Waals surface area contributed by atoms with E-state index in [1.54, 1.807) is 11.3 Å². The second kappa shape index (κ2) is 8.26. The van der Waals surface area contributed by atoms with Crippen LogP contribution in [0.25, 0.3) is 0 Å². The first-order valence-corrected chi connectivity index (χ1v) is 8.53. The molecular formula is C19H18N2O2S. The van der Waals surface area contributed by atoms with Gasteiger partial charge in [0.05, 0.1) is 6.54 Å². The smallest absolute Gasteiger partial charge is 0.258 e. The third-order valence-electron chi connectivity index (χ3n) is 3.37. The molecule has 0 aliphatic rings. The Balaban J connectivity index is 1.44. The quantitative estimate of drug-likeness (QED) is 0.718. The number of nitrogens with zero attached hydrogens (tertiary/aromatic N) is 1. The molecule has 0 saturated carbocycles. The summed E-state index contributed by atoms with van der Waals surface area (Å²) in [5, 5.41) is 3.73. The van der Waals surface area contributed by atoms with Crippen molar-refractivity contribution in [3.8, 4) is 5.75 Å². The van der Waals surface area contributed by atoms with Crippen LogP contribution < -0.4 is 10.1 Å². The van der Waals surface area contributed by atoms with E-state index in [0.29, 0.717) is 12.3 Å². The maximum absolute atomic E-state index is 11.8. The van der Waals surface area contributed by atoms with Crippen molar-refractivity contribution >= 4 is 17.2 Å². The minimum absolute atomic E-state index is 0.00621. The molecule has 0 unspecified atom stereocenters. The second-order valence-electron chi connectivity index (χ2n) is 5.26. The van der Waals surface area contributed by atoms with Crippen molar-refractivity contribution in [2.45, 2.75) is 13.0 Å². The van der Waals surface area contributed by atoms with Crippen molar-refractivity contribution in [3.05, 3.63) is 82.3 Å². The van der Waals surface area contributed by atoms with E-state index in [0.717, 1.165) is 11.4 Å². The van der Waals surface area contributed by atoms with E-state index in [2.05, 4.69) is 22.4 Å². The topological polar surface area (TPSA) is 51.2 Å². The fraction of sp³-hybridized carbons (Fsp3) is 0.158. The van der Waals surface area contributed by atoms with Crippen molar-refractivity contribution in [3.63, 3.8) is 0 Å². The molecule has 4 nitrogen and oxygen atoms in total. The SMILES string of the molecule is O=C(COc1ccccc1)NCc1ncc(Cc2ccccc2)s1. The lowest BCUT2D eigenvalue weighted by Gasteiger charge is -2.06. The van der Waals surface area contributed by atoms with Gasteiger partial charge in [0.15, 0.2) is 6.61 Å². The number of carbonyl (C=O) groups excluding carboxylic acids is 1. The summed E-state index contributed by atoms with van der Waals surface area (Å²) in [5.74, 6) is 0.533. The van der Waals surface area contributed by atoms with E-state index in [-0.39, 0.29) is 12.5 Å². The van der Waals surface area contributed by atoms with Crippen molar-refractivity contribution < 1.29 is 9.53 Å². The molecule has 1 N–H and O–H groups in total. The number of amides is 1. The van der Waals surface area contributed by atoms with Crippen LogP contribution in [-0.2, 0) is 17.8 Å². The Kier molecular flexibility index (Phi) is 5.58. The lowest BCUT2D eigenvalue weighted by molar-refractivity contribution is -0.123. The number of para-hydroxylation sites is 1. The molecule has 0 radical (unpaired) electrons. The first kappa shape index (κ1) is 16.2. The number of aromatic nitrogens is 1. The zero-order valence-electron chi connectivity index (χ0n) is 13.1. The lowest BCUT2D eigenvalue weighted by Crippen LogP contribution is -2.28. The van der Waals surface area contributed by atoms with Crippen molar-refractivity contribution in [1.82, 2.24) is 10.3 Å². The van der Waals surface area contributed by atoms with Gasteiger partial charge < -0.3 is 10.1 Å².